The summed E-state index contributed by atoms with van der Waals surface area (Å²) >= 11 is 5.87. The summed E-state index contributed by atoms with van der Waals surface area (Å²) in [5.41, 5.74) is 2.63. The van der Waals surface area contributed by atoms with Crippen LogP contribution in [0, 0.1) is 11.3 Å². The summed E-state index contributed by atoms with van der Waals surface area (Å²) in [6.07, 6.45) is 7.28. The van der Waals surface area contributed by atoms with Gasteiger partial charge in [0.05, 0.1) is 11.2 Å². The molecule has 20 heavy (non-hydrogen) atoms. The maximum atomic E-state index is 9.24. The smallest absolute Gasteiger partial charge is 0.237 e. The van der Waals surface area contributed by atoms with Crippen molar-refractivity contribution < 1.29 is 4.74 Å². The number of fused-ring (bicyclic) bond motifs is 1. The number of aryl methyl sites for hydroxylation is 2. The fraction of sp³-hybridized carbons (Fsp3) is 0.267. The molecule has 0 N–H and O–H groups in total. The third kappa shape index (κ3) is 2.59. The van der Waals surface area contributed by atoms with Crippen molar-refractivity contribution in [1.29, 1.82) is 5.26 Å². The molecule has 0 bridgehead atoms. The van der Waals surface area contributed by atoms with E-state index in [1.807, 2.05) is 6.07 Å². The van der Waals surface area contributed by atoms with Crippen LogP contribution in [0.4, 0.5) is 0 Å². The van der Waals surface area contributed by atoms with Crippen molar-refractivity contribution in [3.63, 3.8) is 0 Å². The highest BCUT2D eigenvalue weighted by Gasteiger charge is 2.16. The van der Waals surface area contributed by atoms with Gasteiger partial charge in [-0.2, -0.15) is 5.26 Å². The molecule has 0 aromatic carbocycles. The predicted octanol–water partition coefficient (Wildman–Crippen LogP) is 3.67. The van der Waals surface area contributed by atoms with Crippen LogP contribution in [0.5, 0.6) is 11.6 Å². The van der Waals surface area contributed by atoms with Crippen molar-refractivity contribution in [2.75, 3.05) is 0 Å². The zero-order valence-electron chi connectivity index (χ0n) is 10.8. The molecule has 4 nitrogen and oxygen atoms in total. The second-order valence-electron chi connectivity index (χ2n) is 4.71. The van der Waals surface area contributed by atoms with Crippen LogP contribution in [0.3, 0.4) is 0 Å². The van der Waals surface area contributed by atoms with Crippen LogP contribution >= 0.6 is 11.6 Å². The number of ether oxygens (including phenoxy) is 1. The van der Waals surface area contributed by atoms with E-state index in [1.165, 1.54) is 6.20 Å². The maximum Gasteiger partial charge on any atom is 0.237 e. The first-order valence-corrected chi connectivity index (χ1v) is 6.85. The highest BCUT2D eigenvalue weighted by atomic mass is 35.5. The molecule has 0 atom stereocenters. The molecule has 1 aliphatic carbocycles. The average molecular weight is 286 g/mol. The second kappa shape index (κ2) is 5.48. The van der Waals surface area contributed by atoms with Crippen molar-refractivity contribution in [2.24, 2.45) is 0 Å². The van der Waals surface area contributed by atoms with Gasteiger partial charge in [0, 0.05) is 18.0 Å². The van der Waals surface area contributed by atoms with Gasteiger partial charge in [0.1, 0.15) is 17.4 Å². The number of aromatic nitrogens is 2. The summed E-state index contributed by atoms with van der Waals surface area (Å²) in [4.78, 5) is 8.45. The van der Waals surface area contributed by atoms with E-state index in [0.717, 1.165) is 36.9 Å². The lowest BCUT2D eigenvalue weighted by Crippen LogP contribution is -2.07. The Morgan fingerprint density at radius 2 is 2.05 bits per heavy atom. The normalized spacial score (nSPS) is 13.4. The van der Waals surface area contributed by atoms with Gasteiger partial charge in [-0.25, -0.2) is 4.98 Å². The number of nitrogens with zero attached hydrogens (tertiary/aromatic N) is 3. The Hall–Kier alpha value is -2.12. The van der Waals surface area contributed by atoms with Gasteiger partial charge in [-0.15, -0.1) is 0 Å². The van der Waals surface area contributed by atoms with Gasteiger partial charge in [0.25, 0.3) is 0 Å². The van der Waals surface area contributed by atoms with Gasteiger partial charge < -0.3 is 4.74 Å². The molecule has 100 valence electrons. The summed E-state index contributed by atoms with van der Waals surface area (Å²) in [5, 5.41) is 9.73. The van der Waals surface area contributed by atoms with E-state index < -0.39 is 0 Å². The van der Waals surface area contributed by atoms with Crippen LogP contribution in [0.2, 0.25) is 5.02 Å². The first kappa shape index (κ1) is 12.9. The number of rotatable bonds is 2. The molecule has 0 amide bonds. The van der Waals surface area contributed by atoms with Crippen LogP contribution in [-0.4, -0.2) is 9.97 Å². The standard InChI is InChI=1S/C15H12ClN3O/c16-12-6-13(9-18-8-12)20-15-11(7-17)5-10-3-1-2-4-14(10)19-15/h5-6,8-9H,1-4H2. The van der Waals surface area contributed by atoms with E-state index in [2.05, 4.69) is 16.0 Å². The van der Waals surface area contributed by atoms with Gasteiger partial charge in [-0.3, -0.25) is 4.98 Å². The minimum atomic E-state index is 0.331. The van der Waals surface area contributed by atoms with Gasteiger partial charge in [-0.05, 0) is 37.3 Å². The van der Waals surface area contributed by atoms with Crippen molar-refractivity contribution in [1.82, 2.24) is 9.97 Å². The molecule has 3 rings (SSSR count). The van der Waals surface area contributed by atoms with Crippen molar-refractivity contribution >= 4 is 11.6 Å². The van der Waals surface area contributed by atoms with Gasteiger partial charge >= 0.3 is 0 Å². The molecule has 0 saturated heterocycles. The topological polar surface area (TPSA) is 58.8 Å². The highest BCUT2D eigenvalue weighted by Crippen LogP contribution is 2.29. The zero-order valence-corrected chi connectivity index (χ0v) is 11.5. The van der Waals surface area contributed by atoms with Crippen LogP contribution < -0.4 is 4.74 Å². The van der Waals surface area contributed by atoms with E-state index in [9.17, 15) is 5.26 Å². The molecular formula is C15H12ClN3O. The van der Waals surface area contributed by atoms with E-state index in [1.54, 1.807) is 12.3 Å². The lowest BCUT2D eigenvalue weighted by atomic mass is 9.95. The van der Waals surface area contributed by atoms with Gasteiger partial charge in [-0.1, -0.05) is 11.6 Å². The lowest BCUT2D eigenvalue weighted by molar-refractivity contribution is 0.454. The monoisotopic (exact) mass is 285 g/mol. The molecule has 0 saturated carbocycles. The summed E-state index contributed by atoms with van der Waals surface area (Å²) in [7, 11) is 0. The van der Waals surface area contributed by atoms with Crippen LogP contribution in [-0.2, 0) is 12.8 Å². The molecule has 2 heterocycles. The Balaban J connectivity index is 1.98. The quantitative estimate of drug-likeness (QED) is 0.844. The molecule has 1 aliphatic rings. The molecule has 0 spiro atoms. The highest BCUT2D eigenvalue weighted by molar-refractivity contribution is 6.30. The first-order valence-electron chi connectivity index (χ1n) is 6.47. The number of hydrogen-bond acceptors (Lipinski definition) is 4. The SMILES string of the molecule is N#Cc1cc2c(nc1Oc1cncc(Cl)c1)CCCC2. The Morgan fingerprint density at radius 1 is 1.20 bits per heavy atom. The average Bonchev–Trinajstić information content (AvgIpc) is 2.46. The van der Waals surface area contributed by atoms with Gasteiger partial charge in [0.15, 0.2) is 0 Å². The summed E-state index contributed by atoms with van der Waals surface area (Å²) in [6, 6.07) is 5.67. The van der Waals surface area contributed by atoms with E-state index in [4.69, 9.17) is 16.3 Å². The van der Waals surface area contributed by atoms with Crippen LogP contribution in [0.15, 0.2) is 24.5 Å². The Bertz CT molecular complexity index is 694. The lowest BCUT2D eigenvalue weighted by Gasteiger charge is -2.16. The summed E-state index contributed by atoms with van der Waals surface area (Å²) < 4.78 is 5.67. The fourth-order valence-electron chi connectivity index (χ4n) is 2.33. The van der Waals surface area contributed by atoms with Crippen molar-refractivity contribution in [2.45, 2.75) is 25.7 Å². The molecule has 0 fully saturated rings. The fourth-order valence-corrected chi connectivity index (χ4v) is 2.50. The predicted molar refractivity (Wildman–Crippen MR) is 74.9 cm³/mol. The number of hydrogen-bond donors (Lipinski definition) is 0. The van der Waals surface area contributed by atoms with Crippen molar-refractivity contribution in [3.05, 3.63) is 46.4 Å². The van der Waals surface area contributed by atoms with Crippen LogP contribution in [0.25, 0.3) is 0 Å². The third-order valence-corrected chi connectivity index (χ3v) is 3.49. The number of pyridine rings is 2. The Labute approximate surface area is 122 Å². The first-order chi connectivity index (χ1) is 9.76. The zero-order chi connectivity index (χ0) is 13.9. The molecule has 0 aliphatic heterocycles. The minimum Gasteiger partial charge on any atom is -0.436 e. The molecular weight excluding hydrogens is 274 g/mol. The van der Waals surface area contributed by atoms with E-state index >= 15 is 0 Å². The molecule has 0 unspecified atom stereocenters. The van der Waals surface area contributed by atoms with Gasteiger partial charge in [0.2, 0.25) is 5.88 Å². The minimum absolute atomic E-state index is 0.331. The summed E-state index contributed by atoms with van der Waals surface area (Å²) in [6.45, 7) is 0. The number of nitriles is 1. The van der Waals surface area contributed by atoms with E-state index in [-0.39, 0.29) is 0 Å². The molecule has 5 heteroatoms. The number of halogens is 1. The van der Waals surface area contributed by atoms with Crippen molar-refractivity contribution in [3.8, 4) is 17.7 Å². The molecule has 2 aromatic rings. The second-order valence-corrected chi connectivity index (χ2v) is 5.14. The van der Waals surface area contributed by atoms with E-state index in [0.29, 0.717) is 22.2 Å². The molecule has 2 aromatic heterocycles. The van der Waals surface area contributed by atoms with Crippen LogP contribution in [0.1, 0.15) is 29.7 Å². The maximum absolute atomic E-state index is 9.24. The largest absolute Gasteiger partial charge is 0.436 e. The Morgan fingerprint density at radius 3 is 2.85 bits per heavy atom. The summed E-state index contributed by atoms with van der Waals surface area (Å²) in [5.74, 6) is 0.814. The molecule has 0 radical (unpaired) electrons. The Kier molecular flexibility index (Phi) is 3.53. The third-order valence-electron chi connectivity index (χ3n) is 3.28.